The summed E-state index contributed by atoms with van der Waals surface area (Å²) in [7, 11) is 0. The molecule has 0 atom stereocenters. The maximum absolute atomic E-state index is 13.2. The standard InChI is InChI=1S/C16H8Cl3FS/c17-12-3-1-10(6-13(12)18)16-7-11(8-21-16)9-2-4-15(20)14(19)5-9/h1-8H. The van der Waals surface area contributed by atoms with Crippen LogP contribution in [-0.4, -0.2) is 0 Å². The van der Waals surface area contributed by atoms with Gasteiger partial charge in [0.1, 0.15) is 5.82 Å². The highest BCUT2D eigenvalue weighted by Crippen LogP contribution is 2.36. The van der Waals surface area contributed by atoms with Gasteiger partial charge in [0.15, 0.2) is 0 Å². The van der Waals surface area contributed by atoms with Crippen molar-refractivity contribution in [1.29, 1.82) is 0 Å². The molecule has 0 N–H and O–H groups in total. The van der Waals surface area contributed by atoms with Crippen LogP contribution >= 0.6 is 46.1 Å². The average Bonchev–Trinajstić information content (AvgIpc) is 2.94. The van der Waals surface area contributed by atoms with Crippen LogP contribution in [0.5, 0.6) is 0 Å². The zero-order chi connectivity index (χ0) is 15.0. The van der Waals surface area contributed by atoms with Gasteiger partial charge in [-0.3, -0.25) is 0 Å². The van der Waals surface area contributed by atoms with Crippen LogP contribution in [0.4, 0.5) is 4.39 Å². The lowest BCUT2D eigenvalue weighted by Gasteiger charge is -2.01. The summed E-state index contributed by atoms with van der Waals surface area (Å²) in [5.41, 5.74) is 2.86. The Morgan fingerprint density at radius 2 is 1.43 bits per heavy atom. The molecule has 0 aliphatic heterocycles. The van der Waals surface area contributed by atoms with Crippen LogP contribution in [-0.2, 0) is 0 Å². The molecule has 0 bridgehead atoms. The summed E-state index contributed by atoms with van der Waals surface area (Å²) in [6.07, 6.45) is 0. The molecule has 1 aromatic heterocycles. The fourth-order valence-electron chi connectivity index (χ4n) is 1.96. The van der Waals surface area contributed by atoms with E-state index in [2.05, 4.69) is 0 Å². The van der Waals surface area contributed by atoms with Gasteiger partial charge in [-0.2, -0.15) is 0 Å². The summed E-state index contributed by atoms with van der Waals surface area (Å²) in [5, 5.41) is 3.17. The Morgan fingerprint density at radius 1 is 0.714 bits per heavy atom. The zero-order valence-corrected chi connectivity index (χ0v) is 13.6. The third kappa shape index (κ3) is 3.09. The third-order valence-corrected chi connectivity index (χ3v) is 5.06. The summed E-state index contributed by atoms with van der Waals surface area (Å²) < 4.78 is 13.2. The van der Waals surface area contributed by atoms with Crippen LogP contribution in [0, 0.1) is 5.82 Å². The summed E-state index contributed by atoms with van der Waals surface area (Å²) in [6.45, 7) is 0. The van der Waals surface area contributed by atoms with Crippen LogP contribution in [0.1, 0.15) is 0 Å². The molecule has 0 saturated carbocycles. The molecule has 0 unspecified atom stereocenters. The molecule has 0 radical (unpaired) electrons. The first-order chi connectivity index (χ1) is 10.0. The van der Waals surface area contributed by atoms with E-state index in [1.165, 1.54) is 6.07 Å². The highest BCUT2D eigenvalue weighted by atomic mass is 35.5. The van der Waals surface area contributed by atoms with Crippen molar-refractivity contribution >= 4 is 46.1 Å². The van der Waals surface area contributed by atoms with Crippen molar-refractivity contribution in [2.75, 3.05) is 0 Å². The van der Waals surface area contributed by atoms with Gasteiger partial charge in [-0.1, -0.05) is 46.9 Å². The number of benzene rings is 2. The fourth-order valence-corrected chi connectivity index (χ4v) is 3.36. The van der Waals surface area contributed by atoms with E-state index in [1.807, 2.05) is 23.6 Å². The molecule has 0 aliphatic rings. The SMILES string of the molecule is Fc1ccc(-c2csc(-c3ccc(Cl)c(Cl)c3)c2)cc1Cl. The molecule has 106 valence electrons. The first-order valence-corrected chi connectivity index (χ1v) is 8.05. The van der Waals surface area contributed by atoms with E-state index >= 15 is 0 Å². The average molecular weight is 358 g/mol. The minimum absolute atomic E-state index is 0.120. The number of rotatable bonds is 2. The lowest BCUT2D eigenvalue weighted by Crippen LogP contribution is -1.79. The van der Waals surface area contributed by atoms with E-state index in [0.29, 0.717) is 10.0 Å². The van der Waals surface area contributed by atoms with Crippen molar-refractivity contribution in [3.63, 3.8) is 0 Å². The molecule has 0 spiro atoms. The molecule has 0 nitrogen and oxygen atoms in total. The number of thiophene rings is 1. The molecule has 3 rings (SSSR count). The second-order valence-electron chi connectivity index (χ2n) is 4.46. The second-order valence-corrected chi connectivity index (χ2v) is 6.59. The van der Waals surface area contributed by atoms with Crippen molar-refractivity contribution < 1.29 is 4.39 Å². The molecule has 0 saturated heterocycles. The van der Waals surface area contributed by atoms with Crippen LogP contribution in [0.25, 0.3) is 21.6 Å². The van der Waals surface area contributed by atoms with Gasteiger partial charge in [0.05, 0.1) is 15.1 Å². The Labute approximate surface area is 140 Å². The lowest BCUT2D eigenvalue weighted by atomic mass is 10.1. The Morgan fingerprint density at radius 3 is 2.14 bits per heavy atom. The van der Waals surface area contributed by atoms with E-state index < -0.39 is 5.82 Å². The molecule has 0 fully saturated rings. The molecule has 1 heterocycles. The van der Waals surface area contributed by atoms with Gasteiger partial charge in [-0.25, -0.2) is 4.39 Å². The Kier molecular flexibility index (Phi) is 4.23. The van der Waals surface area contributed by atoms with E-state index in [4.69, 9.17) is 34.8 Å². The first kappa shape index (κ1) is 14.9. The molecule has 5 heteroatoms. The second kappa shape index (κ2) is 5.98. The van der Waals surface area contributed by atoms with Crippen molar-refractivity contribution in [1.82, 2.24) is 0 Å². The van der Waals surface area contributed by atoms with Gasteiger partial charge in [0.25, 0.3) is 0 Å². The van der Waals surface area contributed by atoms with Crippen molar-refractivity contribution in [2.45, 2.75) is 0 Å². The summed E-state index contributed by atoms with van der Waals surface area (Å²) in [6, 6.07) is 12.2. The topological polar surface area (TPSA) is 0 Å². The molecular formula is C16H8Cl3FS. The summed E-state index contributed by atoms with van der Waals surface area (Å²) in [5.74, 6) is -0.416. The predicted octanol–water partition coefficient (Wildman–Crippen LogP) is 7.18. The molecular weight excluding hydrogens is 350 g/mol. The minimum atomic E-state index is -0.416. The van der Waals surface area contributed by atoms with Crippen LogP contribution in [0.2, 0.25) is 15.1 Å². The van der Waals surface area contributed by atoms with E-state index in [9.17, 15) is 4.39 Å². The van der Waals surface area contributed by atoms with E-state index in [1.54, 1.807) is 29.5 Å². The van der Waals surface area contributed by atoms with E-state index in [0.717, 1.165) is 21.6 Å². The van der Waals surface area contributed by atoms with E-state index in [-0.39, 0.29) is 5.02 Å². The Bertz CT molecular complexity index is 745. The van der Waals surface area contributed by atoms with Crippen LogP contribution < -0.4 is 0 Å². The van der Waals surface area contributed by atoms with Crippen LogP contribution in [0.3, 0.4) is 0 Å². The van der Waals surface area contributed by atoms with Gasteiger partial charge in [-0.15, -0.1) is 11.3 Å². The molecule has 3 aromatic rings. The van der Waals surface area contributed by atoms with Gasteiger partial charge >= 0.3 is 0 Å². The highest BCUT2D eigenvalue weighted by molar-refractivity contribution is 7.14. The molecule has 21 heavy (non-hydrogen) atoms. The largest absolute Gasteiger partial charge is 0.205 e. The third-order valence-electron chi connectivity index (χ3n) is 3.06. The fraction of sp³-hybridized carbons (Fsp3) is 0. The van der Waals surface area contributed by atoms with Crippen molar-refractivity contribution in [3.8, 4) is 21.6 Å². The number of halogens is 4. The first-order valence-electron chi connectivity index (χ1n) is 6.04. The van der Waals surface area contributed by atoms with Gasteiger partial charge in [0, 0.05) is 4.88 Å². The van der Waals surface area contributed by atoms with Gasteiger partial charge < -0.3 is 0 Å². The predicted molar refractivity (Wildman–Crippen MR) is 90.2 cm³/mol. The summed E-state index contributed by atoms with van der Waals surface area (Å²) in [4.78, 5) is 1.06. The number of hydrogen-bond donors (Lipinski definition) is 0. The number of hydrogen-bond acceptors (Lipinski definition) is 1. The quantitative estimate of drug-likeness (QED) is 0.455. The normalized spacial score (nSPS) is 10.9. The van der Waals surface area contributed by atoms with Crippen LogP contribution in [0.15, 0.2) is 47.8 Å². The minimum Gasteiger partial charge on any atom is -0.205 e. The maximum atomic E-state index is 13.2. The zero-order valence-electron chi connectivity index (χ0n) is 10.5. The maximum Gasteiger partial charge on any atom is 0.141 e. The molecule has 0 amide bonds. The smallest absolute Gasteiger partial charge is 0.141 e. The highest BCUT2D eigenvalue weighted by Gasteiger charge is 2.08. The molecule has 0 aliphatic carbocycles. The Balaban J connectivity index is 1.99. The summed E-state index contributed by atoms with van der Waals surface area (Å²) >= 11 is 19.4. The Hall–Kier alpha value is -1.06. The lowest BCUT2D eigenvalue weighted by molar-refractivity contribution is 0.628. The van der Waals surface area contributed by atoms with Crippen molar-refractivity contribution in [3.05, 3.63) is 68.7 Å². The van der Waals surface area contributed by atoms with Gasteiger partial charge in [0.2, 0.25) is 0 Å². The monoisotopic (exact) mass is 356 g/mol. The molecule has 2 aromatic carbocycles. The van der Waals surface area contributed by atoms with Gasteiger partial charge in [-0.05, 0) is 52.4 Å². The van der Waals surface area contributed by atoms with Crippen molar-refractivity contribution in [2.24, 2.45) is 0 Å².